The van der Waals surface area contributed by atoms with E-state index in [0.29, 0.717) is 16.9 Å². The molecule has 0 amide bonds. The van der Waals surface area contributed by atoms with Crippen LogP contribution in [0.4, 0.5) is 8.78 Å². The second-order valence-electron chi connectivity index (χ2n) is 4.55. The summed E-state index contributed by atoms with van der Waals surface area (Å²) in [6.07, 6.45) is 0. The largest absolute Gasteiger partial charge is 0.496 e. The van der Waals surface area contributed by atoms with Crippen molar-refractivity contribution in [3.8, 4) is 5.75 Å². The fourth-order valence-electron chi connectivity index (χ4n) is 2.04. The third-order valence-electron chi connectivity index (χ3n) is 3.16. The summed E-state index contributed by atoms with van der Waals surface area (Å²) >= 11 is 0. The van der Waals surface area contributed by atoms with Gasteiger partial charge in [0.05, 0.1) is 12.6 Å². The highest BCUT2D eigenvalue weighted by Gasteiger charge is 2.27. The van der Waals surface area contributed by atoms with Gasteiger partial charge >= 0.3 is 0 Å². The van der Waals surface area contributed by atoms with Crippen molar-refractivity contribution in [2.75, 3.05) is 7.11 Å². The Balaban J connectivity index is 2.55. The smallest absolute Gasteiger partial charge is 0.124 e. The maximum absolute atomic E-state index is 13.4. The van der Waals surface area contributed by atoms with Crippen LogP contribution in [0.1, 0.15) is 18.1 Å². The minimum atomic E-state index is -0.971. The molecule has 0 bridgehead atoms. The van der Waals surface area contributed by atoms with Crippen LogP contribution in [0.2, 0.25) is 0 Å². The van der Waals surface area contributed by atoms with Crippen molar-refractivity contribution in [2.24, 2.45) is 5.73 Å². The zero-order chi connectivity index (χ0) is 14.0. The molecule has 4 heteroatoms. The molecule has 2 nitrogen and oxygen atoms in total. The van der Waals surface area contributed by atoms with Gasteiger partial charge in [-0.1, -0.05) is 12.1 Å². The first-order chi connectivity index (χ1) is 8.95. The van der Waals surface area contributed by atoms with Gasteiger partial charge in [0.15, 0.2) is 0 Å². The SMILES string of the molecule is COc1ccc(F)cc1C(C)(N)c1ccc(F)cc1. The summed E-state index contributed by atoms with van der Waals surface area (Å²) in [7, 11) is 1.50. The summed E-state index contributed by atoms with van der Waals surface area (Å²) in [5.74, 6) is -0.240. The number of hydrogen-bond acceptors (Lipinski definition) is 2. The monoisotopic (exact) mass is 263 g/mol. The van der Waals surface area contributed by atoms with E-state index in [9.17, 15) is 8.78 Å². The summed E-state index contributed by atoms with van der Waals surface area (Å²) in [6, 6.07) is 9.99. The number of nitrogens with two attached hydrogens (primary N) is 1. The highest BCUT2D eigenvalue weighted by atomic mass is 19.1. The summed E-state index contributed by atoms with van der Waals surface area (Å²) in [6.45, 7) is 1.73. The minimum absolute atomic E-state index is 0.342. The normalized spacial score (nSPS) is 13.9. The van der Waals surface area contributed by atoms with Crippen LogP contribution >= 0.6 is 0 Å². The molecule has 0 aliphatic rings. The second kappa shape index (κ2) is 4.97. The van der Waals surface area contributed by atoms with Crippen molar-refractivity contribution in [3.63, 3.8) is 0 Å². The molecule has 1 unspecified atom stereocenters. The average Bonchev–Trinajstić information content (AvgIpc) is 2.39. The van der Waals surface area contributed by atoms with E-state index in [0.717, 1.165) is 0 Å². The predicted molar refractivity (Wildman–Crippen MR) is 70.0 cm³/mol. The van der Waals surface area contributed by atoms with Crippen LogP contribution in [0, 0.1) is 11.6 Å². The number of benzene rings is 2. The van der Waals surface area contributed by atoms with Crippen LogP contribution in [0.3, 0.4) is 0 Å². The molecule has 2 aromatic carbocycles. The Kier molecular flexibility index (Phi) is 3.53. The Hall–Kier alpha value is -1.94. The summed E-state index contributed by atoms with van der Waals surface area (Å²) in [4.78, 5) is 0. The Morgan fingerprint density at radius 2 is 1.58 bits per heavy atom. The van der Waals surface area contributed by atoms with E-state index in [1.807, 2.05) is 0 Å². The van der Waals surface area contributed by atoms with Crippen molar-refractivity contribution in [1.82, 2.24) is 0 Å². The molecule has 2 N–H and O–H groups in total. The molecule has 19 heavy (non-hydrogen) atoms. The van der Waals surface area contributed by atoms with Gasteiger partial charge < -0.3 is 10.5 Å². The van der Waals surface area contributed by atoms with Gasteiger partial charge in [0.1, 0.15) is 17.4 Å². The zero-order valence-electron chi connectivity index (χ0n) is 10.8. The van der Waals surface area contributed by atoms with Gasteiger partial charge in [0.25, 0.3) is 0 Å². The fourth-order valence-corrected chi connectivity index (χ4v) is 2.04. The lowest BCUT2D eigenvalue weighted by atomic mass is 9.85. The summed E-state index contributed by atoms with van der Waals surface area (Å²) < 4.78 is 31.6. The van der Waals surface area contributed by atoms with Crippen molar-refractivity contribution in [3.05, 3.63) is 65.2 Å². The van der Waals surface area contributed by atoms with Gasteiger partial charge in [-0.25, -0.2) is 8.78 Å². The van der Waals surface area contributed by atoms with Crippen LogP contribution in [0.15, 0.2) is 42.5 Å². The van der Waals surface area contributed by atoms with E-state index in [1.165, 1.54) is 37.4 Å². The second-order valence-corrected chi connectivity index (χ2v) is 4.55. The fraction of sp³-hybridized carbons (Fsp3) is 0.200. The molecular formula is C15H15F2NO. The van der Waals surface area contributed by atoms with Gasteiger partial charge in [-0.05, 0) is 42.8 Å². The lowest BCUT2D eigenvalue weighted by Gasteiger charge is -2.27. The van der Waals surface area contributed by atoms with Crippen LogP contribution in [0.5, 0.6) is 5.75 Å². The maximum atomic E-state index is 13.4. The van der Waals surface area contributed by atoms with Crippen LogP contribution in [0.25, 0.3) is 0 Å². The van der Waals surface area contributed by atoms with E-state index in [2.05, 4.69) is 0 Å². The molecule has 0 aromatic heterocycles. The average molecular weight is 263 g/mol. The van der Waals surface area contributed by atoms with E-state index in [4.69, 9.17) is 10.5 Å². The number of halogens is 2. The summed E-state index contributed by atoms with van der Waals surface area (Å²) in [5, 5.41) is 0. The molecule has 2 rings (SSSR count). The topological polar surface area (TPSA) is 35.2 Å². The Bertz CT molecular complexity index is 579. The maximum Gasteiger partial charge on any atom is 0.124 e. The molecule has 100 valence electrons. The minimum Gasteiger partial charge on any atom is -0.496 e. The first kappa shape index (κ1) is 13.5. The standard InChI is InChI=1S/C15H15F2NO/c1-15(18,10-3-5-11(16)6-4-10)13-9-12(17)7-8-14(13)19-2/h3-9H,18H2,1-2H3. The van der Waals surface area contributed by atoms with Crippen molar-refractivity contribution in [1.29, 1.82) is 0 Å². The highest BCUT2D eigenvalue weighted by Crippen LogP contribution is 2.33. The number of rotatable bonds is 3. The van der Waals surface area contributed by atoms with Gasteiger partial charge in [0.2, 0.25) is 0 Å². The highest BCUT2D eigenvalue weighted by molar-refractivity contribution is 5.45. The van der Waals surface area contributed by atoms with Crippen LogP contribution in [-0.4, -0.2) is 7.11 Å². The quantitative estimate of drug-likeness (QED) is 0.923. The lowest BCUT2D eigenvalue weighted by molar-refractivity contribution is 0.397. The van der Waals surface area contributed by atoms with Gasteiger partial charge in [-0.3, -0.25) is 0 Å². The zero-order valence-corrected chi connectivity index (χ0v) is 10.8. The number of ether oxygens (including phenoxy) is 1. The molecule has 0 saturated carbocycles. The van der Waals surface area contributed by atoms with Crippen LogP contribution < -0.4 is 10.5 Å². The van der Waals surface area contributed by atoms with E-state index >= 15 is 0 Å². The molecule has 0 saturated heterocycles. The van der Waals surface area contributed by atoms with Crippen LogP contribution in [-0.2, 0) is 5.54 Å². The predicted octanol–water partition coefficient (Wildman–Crippen LogP) is 3.20. The Labute approximate surface area is 110 Å². The van der Waals surface area contributed by atoms with E-state index in [1.54, 1.807) is 19.1 Å². The molecule has 0 spiro atoms. The Morgan fingerprint density at radius 1 is 1.00 bits per heavy atom. The van der Waals surface area contributed by atoms with Crippen molar-refractivity contribution in [2.45, 2.75) is 12.5 Å². The first-order valence-electron chi connectivity index (χ1n) is 5.84. The number of methoxy groups -OCH3 is 1. The van der Waals surface area contributed by atoms with E-state index < -0.39 is 11.4 Å². The lowest BCUT2D eigenvalue weighted by Crippen LogP contribution is -2.34. The molecule has 0 radical (unpaired) electrons. The molecule has 0 heterocycles. The molecular weight excluding hydrogens is 248 g/mol. The molecule has 0 aliphatic carbocycles. The van der Waals surface area contributed by atoms with Gasteiger partial charge in [-0.15, -0.1) is 0 Å². The third kappa shape index (κ3) is 2.58. The van der Waals surface area contributed by atoms with Crippen molar-refractivity contribution >= 4 is 0 Å². The molecule has 1 atom stereocenters. The molecule has 0 fully saturated rings. The first-order valence-corrected chi connectivity index (χ1v) is 5.84. The molecule has 0 aliphatic heterocycles. The summed E-state index contributed by atoms with van der Waals surface area (Å²) in [5.41, 5.74) is 6.51. The molecule has 2 aromatic rings. The number of hydrogen-bond donors (Lipinski definition) is 1. The Morgan fingerprint density at radius 3 is 2.16 bits per heavy atom. The van der Waals surface area contributed by atoms with Gasteiger partial charge in [-0.2, -0.15) is 0 Å². The van der Waals surface area contributed by atoms with E-state index in [-0.39, 0.29) is 5.82 Å². The third-order valence-corrected chi connectivity index (χ3v) is 3.16. The van der Waals surface area contributed by atoms with Crippen molar-refractivity contribution < 1.29 is 13.5 Å². The van der Waals surface area contributed by atoms with Gasteiger partial charge in [0, 0.05) is 5.56 Å².